The van der Waals surface area contributed by atoms with E-state index >= 15 is 0 Å². The quantitative estimate of drug-likeness (QED) is 0.480. The number of hydrogen-bond acceptors (Lipinski definition) is 7. The van der Waals surface area contributed by atoms with Crippen molar-refractivity contribution in [1.29, 1.82) is 0 Å². The Hall–Kier alpha value is -3.03. The number of hydrogen-bond donors (Lipinski definition) is 1. The van der Waals surface area contributed by atoms with Crippen LogP contribution in [0.1, 0.15) is 23.1 Å². The molecule has 0 spiro atoms. The van der Waals surface area contributed by atoms with E-state index in [2.05, 4.69) is 15.0 Å². The lowest BCUT2D eigenvalue weighted by atomic mass is 10.2. The van der Waals surface area contributed by atoms with Gasteiger partial charge in [0.1, 0.15) is 16.4 Å². The molecule has 1 heterocycles. The van der Waals surface area contributed by atoms with Crippen molar-refractivity contribution < 1.29 is 35.9 Å². The number of carbonyl (C=O) groups excluding carboxylic acids is 1. The highest BCUT2D eigenvalue weighted by molar-refractivity contribution is 7.90. The molecule has 0 saturated heterocycles. The van der Waals surface area contributed by atoms with Crippen LogP contribution in [0.3, 0.4) is 0 Å². The lowest BCUT2D eigenvalue weighted by molar-refractivity contribution is -0.274. The van der Waals surface area contributed by atoms with E-state index < -0.39 is 32.9 Å². The molecule has 0 aliphatic heterocycles. The number of benzene rings is 2. The van der Waals surface area contributed by atoms with E-state index in [1.807, 2.05) is 4.72 Å². The van der Waals surface area contributed by atoms with Gasteiger partial charge in [-0.05, 0) is 30.7 Å². The molecule has 34 heavy (non-hydrogen) atoms. The van der Waals surface area contributed by atoms with Crippen molar-refractivity contribution in [2.75, 3.05) is 7.11 Å². The maximum absolute atomic E-state index is 12.8. The highest BCUT2D eigenvalue weighted by atomic mass is 35.5. The van der Waals surface area contributed by atoms with Crippen molar-refractivity contribution >= 4 is 39.1 Å². The summed E-state index contributed by atoms with van der Waals surface area (Å²) in [6, 6.07) is 6.98. The van der Waals surface area contributed by atoms with Gasteiger partial charge in [-0.15, -0.1) is 18.3 Å². The van der Waals surface area contributed by atoms with Crippen LogP contribution in [0.2, 0.25) is 10.0 Å². The van der Waals surface area contributed by atoms with Crippen LogP contribution in [0, 0.1) is 0 Å². The first kappa shape index (κ1) is 25.6. The fourth-order valence-electron chi connectivity index (χ4n) is 2.89. The fraction of sp³-hybridized carbons (Fsp3) is 0.211. The largest absolute Gasteiger partial charge is 0.573 e. The molecule has 0 saturated carbocycles. The lowest BCUT2D eigenvalue weighted by Gasteiger charge is -2.12. The van der Waals surface area contributed by atoms with E-state index in [9.17, 15) is 26.4 Å². The zero-order chi connectivity index (χ0) is 25.3. The standard InChI is InChI=1S/C19H15Cl2F3N4O5S/c1-3-14-17(18(29)26-34(30,31)16-9-10(32-2)4-6-12(16)20)25-27-28(14)15-7-5-11(8-13(15)21)33-19(22,23)24/h4-9H,3H2,1-2H3,(H,26,29). The number of nitrogens with zero attached hydrogens (tertiary/aromatic N) is 3. The van der Waals surface area contributed by atoms with Gasteiger partial charge in [-0.25, -0.2) is 17.8 Å². The van der Waals surface area contributed by atoms with Gasteiger partial charge in [-0.2, -0.15) is 0 Å². The van der Waals surface area contributed by atoms with E-state index in [0.717, 1.165) is 22.9 Å². The molecular weight excluding hydrogens is 524 g/mol. The molecule has 0 aliphatic rings. The molecule has 0 fully saturated rings. The van der Waals surface area contributed by atoms with Crippen molar-refractivity contribution in [3.8, 4) is 17.2 Å². The summed E-state index contributed by atoms with van der Waals surface area (Å²) < 4.78 is 74.5. The second-order valence-corrected chi connectivity index (χ2v) is 9.01. The van der Waals surface area contributed by atoms with E-state index in [4.69, 9.17) is 27.9 Å². The summed E-state index contributed by atoms with van der Waals surface area (Å²) in [5, 5.41) is 7.22. The maximum atomic E-state index is 12.8. The van der Waals surface area contributed by atoms with Gasteiger partial charge in [0.2, 0.25) is 0 Å². The fourth-order valence-corrected chi connectivity index (χ4v) is 4.61. The predicted molar refractivity (Wildman–Crippen MR) is 115 cm³/mol. The van der Waals surface area contributed by atoms with Gasteiger partial charge >= 0.3 is 6.36 Å². The van der Waals surface area contributed by atoms with Gasteiger partial charge in [0.15, 0.2) is 5.69 Å². The van der Waals surface area contributed by atoms with E-state index in [-0.39, 0.29) is 39.3 Å². The Morgan fingerprint density at radius 3 is 2.38 bits per heavy atom. The molecule has 3 rings (SSSR count). The first-order chi connectivity index (χ1) is 15.9. The topological polar surface area (TPSA) is 112 Å². The van der Waals surface area contributed by atoms with Crippen molar-refractivity contribution in [1.82, 2.24) is 19.7 Å². The molecule has 0 unspecified atom stereocenters. The number of sulfonamides is 1. The van der Waals surface area contributed by atoms with Crippen molar-refractivity contribution in [2.24, 2.45) is 0 Å². The molecule has 1 amide bonds. The molecule has 3 aromatic rings. The summed E-state index contributed by atoms with van der Waals surface area (Å²) in [5.74, 6) is -1.46. The molecular formula is C19H15Cl2F3N4O5S. The van der Waals surface area contributed by atoms with Crippen molar-refractivity contribution in [3.05, 3.63) is 57.8 Å². The second kappa shape index (κ2) is 9.68. The Morgan fingerprint density at radius 2 is 1.79 bits per heavy atom. The number of carbonyl (C=O) groups is 1. The Bertz CT molecular complexity index is 1350. The molecule has 1 N–H and O–H groups in total. The highest BCUT2D eigenvalue weighted by Crippen LogP contribution is 2.30. The number of methoxy groups -OCH3 is 1. The molecule has 0 bridgehead atoms. The number of nitrogens with one attached hydrogen (secondary N) is 1. The van der Waals surface area contributed by atoms with Crippen LogP contribution in [0.5, 0.6) is 11.5 Å². The smallest absolute Gasteiger partial charge is 0.497 e. The average molecular weight is 539 g/mol. The first-order valence-corrected chi connectivity index (χ1v) is 11.5. The Balaban J connectivity index is 1.93. The van der Waals surface area contributed by atoms with Gasteiger partial charge in [-0.3, -0.25) is 4.79 Å². The van der Waals surface area contributed by atoms with E-state index in [1.165, 1.54) is 25.3 Å². The minimum atomic E-state index is -4.91. The summed E-state index contributed by atoms with van der Waals surface area (Å²) in [5.41, 5.74) is -0.0918. The van der Waals surface area contributed by atoms with E-state index in [1.54, 1.807) is 6.92 Å². The first-order valence-electron chi connectivity index (χ1n) is 9.27. The lowest BCUT2D eigenvalue weighted by Crippen LogP contribution is -2.31. The molecule has 1 aromatic heterocycles. The number of halogens is 5. The van der Waals surface area contributed by atoms with Crippen LogP contribution < -0.4 is 14.2 Å². The van der Waals surface area contributed by atoms with Crippen LogP contribution >= 0.6 is 23.2 Å². The Morgan fingerprint density at radius 1 is 1.12 bits per heavy atom. The van der Waals surface area contributed by atoms with Gasteiger partial charge in [0, 0.05) is 12.1 Å². The third-order valence-electron chi connectivity index (χ3n) is 4.35. The normalized spacial score (nSPS) is 11.9. The monoisotopic (exact) mass is 538 g/mol. The van der Waals surface area contributed by atoms with Crippen LogP contribution in [-0.2, 0) is 16.4 Å². The SMILES string of the molecule is CCc1c(C(=O)NS(=O)(=O)c2cc(OC)ccc2Cl)nnn1-c1ccc(OC(F)(F)F)cc1Cl. The summed E-state index contributed by atoms with van der Waals surface area (Å²) in [6.45, 7) is 1.63. The van der Waals surface area contributed by atoms with Crippen LogP contribution in [-0.4, -0.2) is 42.8 Å². The summed E-state index contributed by atoms with van der Waals surface area (Å²) in [6.07, 6.45) is -4.76. The summed E-state index contributed by atoms with van der Waals surface area (Å²) >= 11 is 12.1. The van der Waals surface area contributed by atoms with Gasteiger partial charge in [0.05, 0.1) is 28.5 Å². The number of ether oxygens (including phenoxy) is 2. The molecule has 0 aliphatic carbocycles. The van der Waals surface area contributed by atoms with Gasteiger partial charge in [0.25, 0.3) is 15.9 Å². The Kier molecular flexibility index (Phi) is 7.29. The third kappa shape index (κ3) is 5.54. The molecule has 0 radical (unpaired) electrons. The maximum Gasteiger partial charge on any atom is 0.573 e. The van der Waals surface area contributed by atoms with Gasteiger partial charge in [-0.1, -0.05) is 35.3 Å². The summed E-state index contributed by atoms with van der Waals surface area (Å²) in [4.78, 5) is 12.4. The van der Waals surface area contributed by atoms with Crippen LogP contribution in [0.15, 0.2) is 41.3 Å². The van der Waals surface area contributed by atoms with Gasteiger partial charge < -0.3 is 9.47 Å². The number of rotatable bonds is 7. The Labute approximate surface area is 201 Å². The molecule has 15 heteroatoms. The highest BCUT2D eigenvalue weighted by Gasteiger charge is 2.32. The zero-order valence-electron chi connectivity index (χ0n) is 17.4. The predicted octanol–water partition coefficient (Wildman–Crippen LogP) is 4.16. The van der Waals surface area contributed by atoms with Crippen molar-refractivity contribution in [3.63, 3.8) is 0 Å². The van der Waals surface area contributed by atoms with Crippen molar-refractivity contribution in [2.45, 2.75) is 24.6 Å². The van der Waals surface area contributed by atoms with Crippen LogP contribution in [0.4, 0.5) is 13.2 Å². The molecule has 0 atom stereocenters. The zero-order valence-corrected chi connectivity index (χ0v) is 19.7. The third-order valence-corrected chi connectivity index (χ3v) is 6.46. The minimum Gasteiger partial charge on any atom is -0.497 e. The number of alkyl halides is 3. The minimum absolute atomic E-state index is 0.0956. The second-order valence-electron chi connectivity index (χ2n) is 6.54. The van der Waals surface area contributed by atoms with Crippen LogP contribution in [0.25, 0.3) is 5.69 Å². The molecule has 2 aromatic carbocycles. The van der Waals surface area contributed by atoms with E-state index in [0.29, 0.717) is 0 Å². The summed E-state index contributed by atoms with van der Waals surface area (Å²) in [7, 11) is -3.09. The average Bonchev–Trinajstić information content (AvgIpc) is 3.16. The molecule has 9 nitrogen and oxygen atoms in total. The number of aromatic nitrogens is 3. The molecule has 182 valence electrons. The number of amides is 1.